The summed E-state index contributed by atoms with van der Waals surface area (Å²) in [7, 11) is -0.385. The van der Waals surface area contributed by atoms with E-state index in [2.05, 4.69) is 208 Å². The molecule has 0 saturated carbocycles. The van der Waals surface area contributed by atoms with Gasteiger partial charge in [0, 0.05) is 18.2 Å². The van der Waals surface area contributed by atoms with Gasteiger partial charge in [0.25, 0.3) is 0 Å². The summed E-state index contributed by atoms with van der Waals surface area (Å²) in [5.41, 5.74) is -0.661. The predicted octanol–water partition coefficient (Wildman–Crippen LogP) is 13.1. The average molecular weight is 743 g/mol. The first kappa shape index (κ1) is 39.6. The first-order chi connectivity index (χ1) is 25.1. The molecule has 0 spiro atoms. The van der Waals surface area contributed by atoms with Crippen LogP contribution < -0.4 is 14.2 Å². The molecule has 53 heavy (non-hydrogen) atoms. The van der Waals surface area contributed by atoms with Crippen molar-refractivity contribution in [3.8, 4) is 17.2 Å². The molecule has 0 fully saturated rings. The number of hydrogen-bond acceptors (Lipinski definition) is 3. The molecule has 0 amide bonds. The normalized spacial score (nSPS) is 11.8. The Morgan fingerprint density at radius 1 is 0.283 bits per heavy atom. The Bertz CT molecular complexity index is 1910. The van der Waals surface area contributed by atoms with Crippen LogP contribution in [-0.4, -0.2) is 16.8 Å². The molecule has 6 aromatic rings. The fourth-order valence-corrected chi connectivity index (χ4v) is 9.81. The van der Waals surface area contributed by atoms with E-state index in [0.717, 1.165) is 17.2 Å². The smallest absolute Gasteiger partial charge is 0.170 e. The van der Waals surface area contributed by atoms with Gasteiger partial charge in [-0.05, 0) is 135 Å². The van der Waals surface area contributed by atoms with Crippen molar-refractivity contribution in [2.45, 2.75) is 108 Å². The van der Waals surface area contributed by atoms with Crippen molar-refractivity contribution < 1.29 is 14.2 Å². The van der Waals surface area contributed by atoms with Gasteiger partial charge in [-0.1, -0.05) is 72.8 Å². The molecule has 6 aromatic carbocycles. The monoisotopic (exact) mass is 742 g/mol. The second kappa shape index (κ2) is 17.5. The number of rotatable bonds is 9. The molecule has 0 heterocycles. The lowest BCUT2D eigenvalue weighted by Crippen LogP contribution is -2.23. The summed E-state index contributed by atoms with van der Waals surface area (Å²) in [5.74, 6) is 2.71. The standard InChI is InChI=1S/C26H31O2S.C22H23OS/c1-25(2,3)27-20-12-10-16-23(18-20)29(22-14-8-7-9-15-22)24-17-11-13-21(19-24)28-26(4,5)6;1-22(2,3)23-18-11-10-16-21(17-18)24(19-12-6-4-7-13-19)20-14-8-5-9-15-20/h7-19H,1-6H3;4-17H,1-3H3/q2*+1. The molecule has 0 aliphatic rings. The summed E-state index contributed by atoms with van der Waals surface area (Å²) in [4.78, 5) is 7.63. The molecule has 0 aliphatic carbocycles. The van der Waals surface area contributed by atoms with E-state index in [9.17, 15) is 0 Å². The zero-order valence-corrected chi connectivity index (χ0v) is 34.3. The van der Waals surface area contributed by atoms with Gasteiger partial charge in [-0.15, -0.1) is 0 Å². The van der Waals surface area contributed by atoms with Crippen LogP contribution in [-0.2, 0) is 21.8 Å². The van der Waals surface area contributed by atoms with E-state index in [4.69, 9.17) is 14.2 Å². The van der Waals surface area contributed by atoms with Crippen LogP contribution >= 0.6 is 0 Å². The van der Waals surface area contributed by atoms with Crippen LogP contribution in [0, 0.1) is 0 Å². The molecule has 0 saturated heterocycles. The van der Waals surface area contributed by atoms with Crippen molar-refractivity contribution in [3.05, 3.63) is 164 Å². The Hall–Kier alpha value is -4.58. The summed E-state index contributed by atoms with van der Waals surface area (Å²) in [6, 6.07) is 57.4. The van der Waals surface area contributed by atoms with Crippen LogP contribution in [0.4, 0.5) is 0 Å². The minimum absolute atomic E-state index is 0.133. The zero-order valence-electron chi connectivity index (χ0n) is 32.6. The van der Waals surface area contributed by atoms with Crippen molar-refractivity contribution in [1.82, 2.24) is 0 Å². The molecule has 3 nitrogen and oxygen atoms in total. The van der Waals surface area contributed by atoms with Crippen LogP contribution in [0.3, 0.4) is 0 Å². The molecular weight excluding hydrogens is 689 g/mol. The Labute approximate surface area is 324 Å². The highest BCUT2D eigenvalue weighted by molar-refractivity contribution is 7.97. The average Bonchev–Trinajstić information content (AvgIpc) is 3.09. The largest absolute Gasteiger partial charge is 0.488 e. The number of ether oxygens (including phenoxy) is 3. The highest BCUT2D eigenvalue weighted by Gasteiger charge is 2.31. The number of benzene rings is 6. The van der Waals surface area contributed by atoms with E-state index in [1.165, 1.54) is 29.4 Å². The molecule has 0 unspecified atom stereocenters. The Kier molecular flexibility index (Phi) is 13.1. The third kappa shape index (κ3) is 12.5. The van der Waals surface area contributed by atoms with Gasteiger partial charge in [0.1, 0.15) is 34.1 Å². The van der Waals surface area contributed by atoms with E-state index < -0.39 is 0 Å². The maximum absolute atomic E-state index is 6.13. The molecule has 0 radical (unpaired) electrons. The van der Waals surface area contributed by atoms with Crippen molar-refractivity contribution in [2.24, 2.45) is 0 Å². The van der Waals surface area contributed by atoms with E-state index in [1.54, 1.807) is 0 Å². The first-order valence-corrected chi connectivity index (χ1v) is 20.6. The first-order valence-electron chi connectivity index (χ1n) is 18.1. The second-order valence-corrected chi connectivity index (χ2v) is 19.7. The van der Waals surface area contributed by atoms with Gasteiger partial charge in [0.2, 0.25) is 0 Å². The lowest BCUT2D eigenvalue weighted by Gasteiger charge is -2.22. The fraction of sp³-hybridized carbons (Fsp3) is 0.250. The minimum Gasteiger partial charge on any atom is -0.488 e. The summed E-state index contributed by atoms with van der Waals surface area (Å²) >= 11 is 0. The van der Waals surface area contributed by atoms with Crippen molar-refractivity contribution in [2.75, 3.05) is 0 Å². The molecule has 0 N–H and O–H groups in total. The van der Waals surface area contributed by atoms with Gasteiger partial charge in [-0.25, -0.2) is 0 Å². The van der Waals surface area contributed by atoms with Crippen molar-refractivity contribution >= 4 is 21.8 Å². The van der Waals surface area contributed by atoms with Gasteiger partial charge >= 0.3 is 0 Å². The highest BCUT2D eigenvalue weighted by atomic mass is 32.2. The van der Waals surface area contributed by atoms with Crippen LogP contribution in [0.1, 0.15) is 62.3 Å². The lowest BCUT2D eigenvalue weighted by atomic mass is 10.2. The molecule has 5 heteroatoms. The topological polar surface area (TPSA) is 27.7 Å². The van der Waals surface area contributed by atoms with E-state index in [1.807, 2.05) is 18.2 Å². The van der Waals surface area contributed by atoms with E-state index >= 15 is 0 Å². The van der Waals surface area contributed by atoms with Gasteiger partial charge in [0.05, 0.1) is 21.8 Å². The van der Waals surface area contributed by atoms with Gasteiger partial charge < -0.3 is 14.2 Å². The molecule has 0 atom stereocenters. The van der Waals surface area contributed by atoms with Crippen molar-refractivity contribution in [1.29, 1.82) is 0 Å². The SMILES string of the molecule is CC(C)(C)Oc1cccc([S+](c2ccccc2)c2cccc(OC(C)(C)C)c2)c1.CC(C)(C)Oc1cccc([S+](c2ccccc2)c2ccccc2)c1. The van der Waals surface area contributed by atoms with Crippen LogP contribution in [0.5, 0.6) is 17.2 Å². The number of hydrogen-bond donors (Lipinski definition) is 0. The Balaban J connectivity index is 0.000000208. The maximum Gasteiger partial charge on any atom is 0.170 e. The third-order valence-corrected chi connectivity index (χ3v) is 11.7. The molecular formula is C48H54O3S2+2. The summed E-state index contributed by atoms with van der Waals surface area (Å²) < 4.78 is 18.3. The van der Waals surface area contributed by atoms with Crippen LogP contribution in [0.2, 0.25) is 0 Å². The fourth-order valence-electron chi connectivity index (χ4n) is 5.54. The Morgan fingerprint density at radius 2 is 0.509 bits per heavy atom. The summed E-state index contributed by atoms with van der Waals surface area (Å²) in [6.45, 7) is 18.7. The minimum atomic E-state index is -0.252. The van der Waals surface area contributed by atoms with Crippen LogP contribution in [0.25, 0.3) is 0 Å². The summed E-state index contributed by atoms with van der Waals surface area (Å²) in [6.07, 6.45) is 0. The quantitative estimate of drug-likeness (QED) is 0.138. The predicted molar refractivity (Wildman–Crippen MR) is 224 cm³/mol. The summed E-state index contributed by atoms with van der Waals surface area (Å²) in [5, 5.41) is 0. The third-order valence-electron chi connectivity index (χ3n) is 7.33. The molecule has 0 bridgehead atoms. The lowest BCUT2D eigenvalue weighted by molar-refractivity contribution is 0.130. The van der Waals surface area contributed by atoms with Gasteiger partial charge in [-0.2, -0.15) is 0 Å². The van der Waals surface area contributed by atoms with Gasteiger partial charge in [-0.3, -0.25) is 0 Å². The van der Waals surface area contributed by atoms with E-state index in [0.29, 0.717) is 0 Å². The molecule has 6 rings (SSSR count). The van der Waals surface area contributed by atoms with Crippen LogP contribution in [0.15, 0.2) is 193 Å². The zero-order chi connectivity index (χ0) is 38.1. The maximum atomic E-state index is 6.13. The molecule has 0 aliphatic heterocycles. The molecule has 274 valence electrons. The Morgan fingerprint density at radius 3 is 0.755 bits per heavy atom. The van der Waals surface area contributed by atoms with Crippen molar-refractivity contribution in [3.63, 3.8) is 0 Å². The second-order valence-electron chi connectivity index (χ2n) is 15.6. The van der Waals surface area contributed by atoms with Gasteiger partial charge in [0.15, 0.2) is 29.4 Å². The highest BCUT2D eigenvalue weighted by Crippen LogP contribution is 2.36. The molecule has 0 aromatic heterocycles. The van der Waals surface area contributed by atoms with E-state index in [-0.39, 0.29) is 38.6 Å².